The van der Waals surface area contributed by atoms with Gasteiger partial charge in [-0.25, -0.2) is 0 Å². The number of hydrogen-bond acceptors (Lipinski definition) is 4. The van der Waals surface area contributed by atoms with Crippen molar-refractivity contribution in [2.75, 3.05) is 0 Å². The minimum atomic E-state index is -0.435. The van der Waals surface area contributed by atoms with Crippen molar-refractivity contribution < 1.29 is 9.72 Å². The van der Waals surface area contributed by atoms with Gasteiger partial charge in [0.2, 0.25) is 0 Å². The van der Waals surface area contributed by atoms with Crippen LogP contribution in [-0.4, -0.2) is 15.7 Å². The average Bonchev–Trinajstić information content (AvgIpc) is 2.38. The molecule has 1 aromatic heterocycles. The van der Waals surface area contributed by atoms with Crippen LogP contribution in [0.4, 0.5) is 5.69 Å². The van der Waals surface area contributed by atoms with Gasteiger partial charge >= 0.3 is 0 Å². The number of pyridine rings is 1. The van der Waals surface area contributed by atoms with Gasteiger partial charge in [-0.2, -0.15) is 0 Å². The number of carbonyl (C=O) groups is 1. The van der Waals surface area contributed by atoms with Crippen molar-refractivity contribution in [1.29, 1.82) is 0 Å². The lowest BCUT2D eigenvalue weighted by atomic mass is 10.00. The highest BCUT2D eigenvalue weighted by Crippen LogP contribution is 2.27. The van der Waals surface area contributed by atoms with Gasteiger partial charge in [-0.15, -0.1) is 0 Å². The Balaban J connectivity index is 2.61. The zero-order chi connectivity index (χ0) is 13.1. The summed E-state index contributed by atoms with van der Waals surface area (Å²) >= 11 is 0. The number of benzene rings is 1. The normalized spacial score (nSPS) is 10.5. The third-order valence-electron chi connectivity index (χ3n) is 2.86. The van der Waals surface area contributed by atoms with E-state index in [1.807, 2.05) is 0 Å². The van der Waals surface area contributed by atoms with Crippen LogP contribution >= 0.6 is 0 Å². The molecule has 0 amide bonds. The van der Waals surface area contributed by atoms with E-state index in [1.165, 1.54) is 12.3 Å². The van der Waals surface area contributed by atoms with E-state index < -0.39 is 4.92 Å². The Kier molecular flexibility index (Phi) is 3.32. The lowest BCUT2D eigenvalue weighted by Crippen LogP contribution is -2.02. The third-order valence-corrected chi connectivity index (χ3v) is 2.86. The Morgan fingerprint density at radius 3 is 2.78 bits per heavy atom. The first kappa shape index (κ1) is 12.2. The summed E-state index contributed by atoms with van der Waals surface area (Å²) in [6, 6.07) is 4.79. The highest BCUT2D eigenvalue weighted by Gasteiger charge is 2.15. The van der Waals surface area contributed by atoms with Gasteiger partial charge in [0.05, 0.1) is 10.3 Å². The Morgan fingerprint density at radius 1 is 1.33 bits per heavy atom. The van der Waals surface area contributed by atoms with Crippen molar-refractivity contribution >= 4 is 22.2 Å². The Hall–Kier alpha value is -2.30. The largest absolute Gasteiger partial charge is 0.299 e. The zero-order valence-electron chi connectivity index (χ0n) is 9.92. The van der Waals surface area contributed by atoms with E-state index in [1.54, 1.807) is 25.3 Å². The van der Waals surface area contributed by atoms with E-state index in [0.29, 0.717) is 18.2 Å². The highest BCUT2D eigenvalue weighted by atomic mass is 16.6. The van der Waals surface area contributed by atoms with Crippen LogP contribution in [0.5, 0.6) is 0 Å². The highest BCUT2D eigenvalue weighted by molar-refractivity contribution is 5.95. The van der Waals surface area contributed by atoms with Crippen molar-refractivity contribution in [3.63, 3.8) is 0 Å². The monoisotopic (exact) mass is 244 g/mol. The molecule has 0 N–H and O–H groups in total. The second-order valence-electron chi connectivity index (χ2n) is 3.99. The summed E-state index contributed by atoms with van der Waals surface area (Å²) in [7, 11) is 0. The zero-order valence-corrected chi connectivity index (χ0v) is 9.92. The number of nitrogens with zero attached hydrogens (tertiary/aromatic N) is 2. The van der Waals surface area contributed by atoms with E-state index in [9.17, 15) is 14.9 Å². The van der Waals surface area contributed by atoms with Crippen LogP contribution in [0.1, 0.15) is 18.9 Å². The Bertz CT molecular complexity index is 623. The number of fused-ring (bicyclic) bond motifs is 1. The molecule has 0 saturated carbocycles. The van der Waals surface area contributed by atoms with Crippen LogP contribution in [0.2, 0.25) is 0 Å². The van der Waals surface area contributed by atoms with Crippen LogP contribution in [0.3, 0.4) is 0 Å². The molecular weight excluding hydrogens is 232 g/mol. The molecule has 1 heterocycles. The van der Waals surface area contributed by atoms with Crippen LogP contribution in [0.15, 0.2) is 30.6 Å². The number of nitro groups is 1. The van der Waals surface area contributed by atoms with Gasteiger partial charge in [0.25, 0.3) is 5.69 Å². The fourth-order valence-corrected chi connectivity index (χ4v) is 1.89. The van der Waals surface area contributed by atoms with Gasteiger partial charge in [0, 0.05) is 31.3 Å². The molecule has 0 aliphatic heterocycles. The maximum atomic E-state index is 11.5. The second-order valence-corrected chi connectivity index (χ2v) is 3.99. The molecule has 0 atom stereocenters. The lowest BCUT2D eigenvalue weighted by Gasteiger charge is -2.05. The van der Waals surface area contributed by atoms with Gasteiger partial charge in [-0.05, 0) is 17.0 Å². The molecule has 0 saturated heterocycles. The predicted molar refractivity (Wildman–Crippen MR) is 67.4 cm³/mol. The van der Waals surface area contributed by atoms with Crippen LogP contribution in [-0.2, 0) is 11.2 Å². The van der Waals surface area contributed by atoms with E-state index in [-0.39, 0.29) is 11.5 Å². The summed E-state index contributed by atoms with van der Waals surface area (Å²) in [5.41, 5.74) is 0.829. The van der Waals surface area contributed by atoms with Crippen molar-refractivity contribution in [3.8, 4) is 0 Å². The SMILES string of the molecule is CCC(=O)Cc1ccc([N+](=O)[O-])c2cnccc12. The summed E-state index contributed by atoms with van der Waals surface area (Å²) in [4.78, 5) is 25.9. The van der Waals surface area contributed by atoms with E-state index in [0.717, 1.165) is 10.9 Å². The molecule has 5 nitrogen and oxygen atoms in total. The standard InChI is InChI=1S/C13H12N2O3/c1-2-10(16)7-9-3-4-13(15(17)18)12-8-14-6-5-11(9)12/h3-6,8H,2,7H2,1H3. The molecule has 92 valence electrons. The van der Waals surface area contributed by atoms with Crippen LogP contribution < -0.4 is 0 Å². The fourth-order valence-electron chi connectivity index (χ4n) is 1.89. The average molecular weight is 244 g/mol. The molecule has 0 aliphatic carbocycles. The topological polar surface area (TPSA) is 73.1 Å². The summed E-state index contributed by atoms with van der Waals surface area (Å²) in [6.45, 7) is 1.80. The Morgan fingerprint density at radius 2 is 2.11 bits per heavy atom. The predicted octanol–water partition coefficient (Wildman–Crippen LogP) is 2.66. The molecule has 0 fully saturated rings. The number of hydrogen-bond donors (Lipinski definition) is 0. The second kappa shape index (κ2) is 4.91. The minimum Gasteiger partial charge on any atom is -0.299 e. The molecule has 0 aliphatic rings. The van der Waals surface area contributed by atoms with E-state index in [4.69, 9.17) is 0 Å². The van der Waals surface area contributed by atoms with Gasteiger partial charge in [-0.3, -0.25) is 19.9 Å². The maximum absolute atomic E-state index is 11.5. The number of rotatable bonds is 4. The third kappa shape index (κ3) is 2.20. The number of ketones is 1. The van der Waals surface area contributed by atoms with E-state index >= 15 is 0 Å². The lowest BCUT2D eigenvalue weighted by molar-refractivity contribution is -0.383. The summed E-state index contributed by atoms with van der Waals surface area (Å²) < 4.78 is 0. The molecule has 0 spiro atoms. The van der Waals surface area contributed by atoms with E-state index in [2.05, 4.69) is 4.98 Å². The van der Waals surface area contributed by atoms with Crippen LogP contribution in [0, 0.1) is 10.1 Å². The number of carbonyl (C=O) groups excluding carboxylic acids is 1. The molecule has 1 aromatic carbocycles. The maximum Gasteiger partial charge on any atom is 0.278 e. The molecule has 5 heteroatoms. The number of nitro benzene ring substituents is 1. The number of non-ortho nitro benzene ring substituents is 1. The molecule has 18 heavy (non-hydrogen) atoms. The molecular formula is C13H12N2O3. The summed E-state index contributed by atoms with van der Waals surface area (Å²) in [5.74, 6) is 0.113. The molecule has 2 aromatic rings. The van der Waals surface area contributed by atoms with Crippen LogP contribution in [0.25, 0.3) is 10.8 Å². The van der Waals surface area contributed by atoms with Gasteiger partial charge in [0.15, 0.2) is 0 Å². The van der Waals surface area contributed by atoms with Crippen molar-refractivity contribution in [2.45, 2.75) is 19.8 Å². The molecule has 2 rings (SSSR count). The number of aromatic nitrogens is 1. The van der Waals surface area contributed by atoms with Gasteiger partial charge < -0.3 is 0 Å². The minimum absolute atomic E-state index is 0.0193. The number of Topliss-reactive ketones (excluding diaryl/α,β-unsaturated/α-hetero) is 1. The fraction of sp³-hybridized carbons (Fsp3) is 0.231. The Labute approximate surface area is 104 Å². The first-order valence-corrected chi connectivity index (χ1v) is 5.65. The quantitative estimate of drug-likeness (QED) is 0.612. The summed E-state index contributed by atoms with van der Waals surface area (Å²) in [6.07, 6.45) is 3.80. The molecule has 0 radical (unpaired) electrons. The van der Waals surface area contributed by atoms with Gasteiger partial charge in [-0.1, -0.05) is 13.0 Å². The van der Waals surface area contributed by atoms with Crippen molar-refractivity contribution in [2.24, 2.45) is 0 Å². The first-order chi connectivity index (χ1) is 8.63. The van der Waals surface area contributed by atoms with Crippen molar-refractivity contribution in [1.82, 2.24) is 4.98 Å². The first-order valence-electron chi connectivity index (χ1n) is 5.65. The molecule has 0 bridgehead atoms. The molecule has 0 unspecified atom stereocenters. The van der Waals surface area contributed by atoms with Gasteiger partial charge in [0.1, 0.15) is 5.78 Å². The summed E-state index contributed by atoms with van der Waals surface area (Å²) in [5, 5.41) is 12.1. The van der Waals surface area contributed by atoms with Crippen molar-refractivity contribution in [3.05, 3.63) is 46.3 Å². The smallest absolute Gasteiger partial charge is 0.278 e.